The Hall–Kier alpha value is -1.60. The van der Waals surface area contributed by atoms with Crippen LogP contribution in [-0.2, 0) is 11.2 Å². The molecule has 6 heteroatoms. The molecule has 1 saturated heterocycles. The molecule has 2 heterocycles. The van der Waals surface area contributed by atoms with E-state index in [1.807, 2.05) is 6.07 Å². The summed E-state index contributed by atoms with van der Waals surface area (Å²) in [6.07, 6.45) is 6.00. The van der Waals surface area contributed by atoms with Gasteiger partial charge in [0, 0.05) is 0 Å². The Morgan fingerprint density at radius 2 is 1.97 bits per heavy atom. The van der Waals surface area contributed by atoms with Crippen molar-refractivity contribution in [1.29, 1.82) is 0 Å². The maximum absolute atomic E-state index is 15.0. The van der Waals surface area contributed by atoms with E-state index < -0.39 is 18.4 Å². The Kier molecular flexibility index (Phi) is 7.69. The Labute approximate surface area is 201 Å². The molecule has 0 bridgehead atoms. The predicted molar refractivity (Wildman–Crippen MR) is 137 cm³/mol. The molecule has 0 spiro atoms. The van der Waals surface area contributed by atoms with Gasteiger partial charge >= 0.3 is 189 Å². The molecule has 0 N–H and O–H groups in total. The maximum atomic E-state index is 15.0. The van der Waals surface area contributed by atoms with E-state index in [0.29, 0.717) is 12.4 Å². The average Bonchev–Trinajstić information content (AvgIpc) is 3.20. The van der Waals surface area contributed by atoms with E-state index in [1.54, 1.807) is 6.07 Å². The normalized spacial score (nSPS) is 17.0. The van der Waals surface area contributed by atoms with Gasteiger partial charge < -0.3 is 0 Å². The molecule has 0 saturated carbocycles. The minimum absolute atomic E-state index is 0.0180. The molecule has 0 amide bonds. The van der Waals surface area contributed by atoms with E-state index in [2.05, 4.69) is 51.5 Å². The van der Waals surface area contributed by atoms with Crippen LogP contribution in [0.15, 0.2) is 30.3 Å². The van der Waals surface area contributed by atoms with Gasteiger partial charge in [0.15, 0.2) is 0 Å². The third kappa shape index (κ3) is 5.24. The van der Waals surface area contributed by atoms with Gasteiger partial charge in [0.2, 0.25) is 0 Å². The zero-order valence-corrected chi connectivity index (χ0v) is 23.6. The first-order valence-corrected chi connectivity index (χ1v) is 22.4. The molecule has 1 aliphatic heterocycles. The number of benzene rings is 2. The molecule has 0 radical (unpaired) electrons. The molecule has 4 rings (SSSR count). The fourth-order valence-electron chi connectivity index (χ4n) is 4.59. The number of fused-ring (bicyclic) bond motifs is 1. The summed E-state index contributed by atoms with van der Waals surface area (Å²) in [5, 5.41) is 6.36. The summed E-state index contributed by atoms with van der Waals surface area (Å²) in [4.78, 5) is 7.20. The van der Waals surface area contributed by atoms with Crippen LogP contribution in [0.4, 0.5) is 4.39 Å². The molecule has 0 aliphatic carbocycles. The van der Waals surface area contributed by atoms with Crippen molar-refractivity contribution < 1.29 is 13.9 Å². The summed E-state index contributed by atoms with van der Waals surface area (Å²) in [6, 6.07) is 10.0. The molecule has 33 heavy (non-hydrogen) atoms. The van der Waals surface area contributed by atoms with Crippen molar-refractivity contribution in [1.82, 2.24) is 9.78 Å². The quantitative estimate of drug-likeness (QED) is 0.224. The zero-order chi connectivity index (χ0) is 23.6. The molecule has 178 valence electrons. The van der Waals surface area contributed by atoms with Gasteiger partial charge in [0.05, 0.1) is 0 Å². The Morgan fingerprint density at radius 3 is 2.64 bits per heavy atom. The van der Waals surface area contributed by atoms with Crippen molar-refractivity contribution in [2.45, 2.75) is 73.4 Å². The monoisotopic (exact) mass is 560 g/mol. The first-order valence-electron chi connectivity index (χ1n) is 12.4. The van der Waals surface area contributed by atoms with Crippen LogP contribution in [0.1, 0.15) is 57.7 Å². The minimum atomic E-state index is -2.45. The topological polar surface area (TPSA) is 36.3 Å². The number of hydrogen-bond donors (Lipinski definition) is 0. The third-order valence-corrected chi connectivity index (χ3v) is 11.6. The number of aromatic nitrogens is 2. The van der Waals surface area contributed by atoms with Gasteiger partial charge in [0.1, 0.15) is 0 Å². The van der Waals surface area contributed by atoms with Crippen LogP contribution in [0, 0.1) is 5.82 Å². The van der Waals surface area contributed by atoms with E-state index >= 15 is 0 Å². The first kappa shape index (κ1) is 24.5. The molecule has 1 aromatic heterocycles. The summed E-state index contributed by atoms with van der Waals surface area (Å²) in [6.45, 7) is 5.54. The fourth-order valence-corrected chi connectivity index (χ4v) is 8.66. The van der Waals surface area contributed by atoms with Crippen molar-refractivity contribution >= 4 is 33.0 Å². The number of halogens is 1. The number of nitrogens with zero attached hydrogens (tertiary/aromatic N) is 2. The molecular weight excluding hydrogens is 522 g/mol. The third-order valence-electron chi connectivity index (χ3n) is 6.45. The molecule has 1 unspecified atom stereocenters. The second kappa shape index (κ2) is 10.3. The molecule has 3 aromatic rings. The first-order chi connectivity index (χ1) is 15.8. The van der Waals surface area contributed by atoms with Crippen LogP contribution in [0.2, 0.25) is 14.8 Å². The van der Waals surface area contributed by atoms with Gasteiger partial charge in [-0.25, -0.2) is 0 Å². The molecule has 1 atom stereocenters. The van der Waals surface area contributed by atoms with Gasteiger partial charge in [-0.1, -0.05) is 13.3 Å². The van der Waals surface area contributed by atoms with E-state index in [4.69, 9.17) is 14.6 Å². The van der Waals surface area contributed by atoms with Crippen molar-refractivity contribution in [3.05, 3.63) is 41.7 Å². The van der Waals surface area contributed by atoms with E-state index in [-0.39, 0.29) is 12.0 Å². The van der Waals surface area contributed by atoms with Gasteiger partial charge in [0.25, 0.3) is 0 Å². The summed E-state index contributed by atoms with van der Waals surface area (Å²) in [5.41, 5.74) is 4.15. The van der Waals surface area contributed by atoms with Crippen LogP contribution in [0.25, 0.3) is 22.0 Å². The van der Waals surface area contributed by atoms with Gasteiger partial charge in [-0.15, -0.1) is 0 Å². The van der Waals surface area contributed by atoms with E-state index in [0.717, 1.165) is 67.3 Å². The number of unbranched alkanes of at least 4 members (excludes halogenated alkanes) is 1. The second-order valence-corrected chi connectivity index (χ2v) is 24.3. The van der Waals surface area contributed by atoms with Gasteiger partial charge in [-0.05, 0) is 0 Å². The number of hydrogen-bond acceptors (Lipinski definition) is 3. The van der Waals surface area contributed by atoms with Crippen molar-refractivity contribution in [2.75, 3.05) is 13.2 Å². The van der Waals surface area contributed by atoms with Crippen LogP contribution >= 0.6 is 0 Å². The van der Waals surface area contributed by atoms with Crippen molar-refractivity contribution in [3.63, 3.8) is 0 Å². The number of ether oxygens (including phenoxy) is 2. The molecule has 4 nitrogen and oxygen atoms in total. The Balaban J connectivity index is 1.81. The SMILES string of the molecule is CCCCOc1cc(CC)c(-c2ccc3[c]([Sn]([CH3])([CH3])[CH3])nn(C4CCCCO4)c3c2)cc1F. The molecular formula is C27H37FN2O2Sn. The van der Waals surface area contributed by atoms with Crippen LogP contribution in [-0.4, -0.2) is 41.4 Å². The second-order valence-electron chi connectivity index (χ2n) is 10.1. The van der Waals surface area contributed by atoms with Crippen LogP contribution < -0.4 is 8.45 Å². The van der Waals surface area contributed by atoms with Gasteiger partial charge in [-0.2, -0.15) is 0 Å². The van der Waals surface area contributed by atoms with E-state index in [1.165, 1.54) is 9.10 Å². The average molecular weight is 559 g/mol. The molecule has 1 aliphatic rings. The van der Waals surface area contributed by atoms with Gasteiger partial charge in [-0.3, -0.25) is 0 Å². The molecule has 1 fully saturated rings. The fraction of sp³-hybridized carbons (Fsp3) is 0.519. The predicted octanol–water partition coefficient (Wildman–Crippen LogP) is 6.83. The standard InChI is InChI=1S/C24H28FN2O2.3CH3.Sn/c1-3-5-11-28-23-14-17(4-2)20(15-21(23)25)18-9-10-19-16-26-27(22(19)13-18)24-8-6-7-12-29-24;;;;/h9-10,13-15,24H,3-8,11-12H2,1-2H3;3*1H3;. The zero-order valence-electron chi connectivity index (χ0n) is 20.7. The Bertz CT molecular complexity index is 1110. The van der Waals surface area contributed by atoms with E-state index in [9.17, 15) is 4.39 Å². The number of rotatable bonds is 8. The van der Waals surface area contributed by atoms with Crippen molar-refractivity contribution in [3.8, 4) is 16.9 Å². The summed E-state index contributed by atoms with van der Waals surface area (Å²) in [7, 11) is 0. The molecule has 2 aromatic carbocycles. The summed E-state index contributed by atoms with van der Waals surface area (Å²) < 4.78 is 30.2. The van der Waals surface area contributed by atoms with Crippen molar-refractivity contribution in [2.24, 2.45) is 0 Å². The van der Waals surface area contributed by atoms with Crippen LogP contribution in [0.3, 0.4) is 0 Å². The Morgan fingerprint density at radius 1 is 1.15 bits per heavy atom. The summed E-state index contributed by atoms with van der Waals surface area (Å²) in [5.74, 6) is 0.0592. The van der Waals surface area contributed by atoms with Crippen LogP contribution in [0.5, 0.6) is 5.75 Å². The summed E-state index contributed by atoms with van der Waals surface area (Å²) >= 11 is -2.45. The number of aryl methyl sites for hydroxylation is 1.